The Labute approximate surface area is 171 Å². The van der Waals surface area contributed by atoms with Crippen molar-refractivity contribution in [2.24, 2.45) is 0 Å². The first kappa shape index (κ1) is 17.1. The minimum Gasteiger partial charge on any atom is -0.365 e. The average Bonchev–Trinajstić information content (AvgIpc) is 3.31. The summed E-state index contributed by atoms with van der Waals surface area (Å²) in [7, 11) is 0. The van der Waals surface area contributed by atoms with Crippen molar-refractivity contribution in [1.29, 1.82) is 0 Å². The summed E-state index contributed by atoms with van der Waals surface area (Å²) >= 11 is 0. The van der Waals surface area contributed by atoms with Gasteiger partial charge in [-0.3, -0.25) is 9.69 Å². The van der Waals surface area contributed by atoms with Crippen LogP contribution >= 0.6 is 0 Å². The number of amides is 1. The lowest BCUT2D eigenvalue weighted by Gasteiger charge is -2.40. The normalized spacial score (nSPS) is 21.4. The Hall–Kier alpha value is -2.79. The molecule has 0 aliphatic carbocycles. The molecule has 0 spiro atoms. The van der Waals surface area contributed by atoms with Crippen LogP contribution in [0.2, 0.25) is 0 Å². The third kappa shape index (κ3) is 2.76. The predicted octanol–water partition coefficient (Wildman–Crippen LogP) is 2.84. The summed E-state index contributed by atoms with van der Waals surface area (Å²) in [5.41, 5.74) is 4.93. The van der Waals surface area contributed by atoms with Crippen LogP contribution in [0.5, 0.6) is 0 Å². The van der Waals surface area contributed by atoms with Gasteiger partial charge in [0.05, 0.1) is 0 Å². The zero-order valence-corrected chi connectivity index (χ0v) is 16.6. The Morgan fingerprint density at radius 2 is 1.76 bits per heavy atom. The molecule has 3 aliphatic heterocycles. The van der Waals surface area contributed by atoms with Gasteiger partial charge in [0, 0.05) is 68.4 Å². The van der Waals surface area contributed by atoms with Gasteiger partial charge in [-0.25, -0.2) is 0 Å². The minimum absolute atomic E-state index is 0.180. The molecule has 5 heteroatoms. The first-order valence-corrected chi connectivity index (χ1v) is 10.7. The first-order chi connectivity index (χ1) is 14.3. The number of anilines is 1. The monoisotopic (exact) mass is 386 g/mol. The molecule has 0 radical (unpaired) electrons. The van der Waals surface area contributed by atoms with Gasteiger partial charge in [-0.15, -0.1) is 0 Å². The molecular weight excluding hydrogens is 360 g/mol. The third-order valence-corrected chi connectivity index (χ3v) is 6.92. The fourth-order valence-electron chi connectivity index (χ4n) is 5.42. The third-order valence-electron chi connectivity index (χ3n) is 6.92. The molecule has 0 N–H and O–H groups in total. The van der Waals surface area contributed by atoms with Gasteiger partial charge in [0.15, 0.2) is 0 Å². The van der Waals surface area contributed by atoms with Crippen molar-refractivity contribution in [2.45, 2.75) is 19.0 Å². The van der Waals surface area contributed by atoms with Crippen molar-refractivity contribution in [2.75, 3.05) is 44.2 Å². The van der Waals surface area contributed by atoms with E-state index < -0.39 is 0 Å². The second kappa shape index (κ2) is 6.63. The van der Waals surface area contributed by atoms with Crippen LogP contribution in [0.25, 0.3) is 10.9 Å². The minimum atomic E-state index is 0.180. The second-order valence-electron chi connectivity index (χ2n) is 8.51. The van der Waals surface area contributed by atoms with Crippen LogP contribution < -0.4 is 4.90 Å². The summed E-state index contributed by atoms with van der Waals surface area (Å²) in [4.78, 5) is 20.2. The average molecular weight is 386 g/mol. The van der Waals surface area contributed by atoms with Gasteiger partial charge in [-0.05, 0) is 30.2 Å². The van der Waals surface area contributed by atoms with E-state index in [9.17, 15) is 4.79 Å². The fourth-order valence-corrected chi connectivity index (χ4v) is 5.42. The predicted molar refractivity (Wildman–Crippen MR) is 116 cm³/mol. The van der Waals surface area contributed by atoms with Gasteiger partial charge in [0.2, 0.25) is 0 Å². The summed E-state index contributed by atoms with van der Waals surface area (Å²) in [5, 5.41) is 1.16. The molecule has 1 amide bonds. The van der Waals surface area contributed by atoms with Crippen molar-refractivity contribution < 1.29 is 4.79 Å². The van der Waals surface area contributed by atoms with Crippen LogP contribution in [-0.4, -0.2) is 65.6 Å². The highest BCUT2D eigenvalue weighted by Gasteiger charge is 2.34. The number of nitrogens with zero attached hydrogens (tertiary/aromatic N) is 4. The number of rotatable bonds is 3. The smallest absolute Gasteiger partial charge is 0.270 e. The summed E-state index contributed by atoms with van der Waals surface area (Å²) in [6.45, 7) is 6.74. The van der Waals surface area contributed by atoms with Crippen molar-refractivity contribution in [1.82, 2.24) is 14.4 Å². The Kier molecular flexibility index (Phi) is 3.91. The van der Waals surface area contributed by atoms with E-state index in [1.807, 2.05) is 17.0 Å². The van der Waals surface area contributed by atoms with E-state index in [1.54, 1.807) is 0 Å². The number of para-hydroxylation sites is 2. The van der Waals surface area contributed by atoms with Crippen molar-refractivity contribution in [3.63, 3.8) is 0 Å². The second-order valence-corrected chi connectivity index (χ2v) is 8.51. The van der Waals surface area contributed by atoms with Crippen LogP contribution in [-0.2, 0) is 13.0 Å². The highest BCUT2D eigenvalue weighted by molar-refractivity contribution is 5.99. The summed E-state index contributed by atoms with van der Waals surface area (Å²) in [5.74, 6) is 0.180. The zero-order chi connectivity index (χ0) is 19.4. The largest absolute Gasteiger partial charge is 0.365 e. The maximum absolute atomic E-state index is 13.1. The SMILES string of the molecule is O=C1c2cc3ccccc3n2CCN1CCN1CCN2c3ccccc3C[C@@H]2C1. The lowest BCUT2D eigenvalue weighted by molar-refractivity contribution is 0.0679. The molecule has 1 fully saturated rings. The molecular formula is C24H26N4O. The standard InChI is InChI=1S/C24H26N4O/c29-24-23-16-19-6-2-4-8-22(19)28(23)14-12-26(24)11-9-25-10-13-27-20(17-25)15-18-5-1-3-7-21(18)27/h1-8,16,20H,9-15,17H2/t20-/m1/s1. The van der Waals surface area contributed by atoms with Crippen molar-refractivity contribution in [3.8, 4) is 0 Å². The number of benzene rings is 2. The molecule has 0 unspecified atom stereocenters. The zero-order valence-electron chi connectivity index (χ0n) is 16.6. The van der Waals surface area contributed by atoms with Crippen LogP contribution in [0.3, 0.4) is 0 Å². The number of carbonyl (C=O) groups excluding carboxylic acids is 1. The highest BCUT2D eigenvalue weighted by Crippen LogP contribution is 2.33. The summed E-state index contributed by atoms with van der Waals surface area (Å²) in [6.07, 6.45) is 1.15. The first-order valence-electron chi connectivity index (χ1n) is 10.7. The number of hydrogen-bond donors (Lipinski definition) is 0. The Morgan fingerprint density at radius 1 is 0.897 bits per heavy atom. The van der Waals surface area contributed by atoms with Gasteiger partial charge in [0.25, 0.3) is 5.91 Å². The number of piperazine rings is 1. The number of aromatic nitrogens is 1. The molecule has 4 heterocycles. The maximum Gasteiger partial charge on any atom is 0.270 e. The van der Waals surface area contributed by atoms with E-state index >= 15 is 0 Å². The number of fused-ring (bicyclic) bond motifs is 6. The summed E-state index contributed by atoms with van der Waals surface area (Å²) in [6, 6.07) is 19.8. The Morgan fingerprint density at radius 3 is 2.72 bits per heavy atom. The van der Waals surface area contributed by atoms with Crippen molar-refractivity contribution >= 4 is 22.5 Å². The molecule has 6 rings (SSSR count). The van der Waals surface area contributed by atoms with Gasteiger partial charge in [-0.1, -0.05) is 36.4 Å². The maximum atomic E-state index is 13.1. The topological polar surface area (TPSA) is 31.7 Å². The summed E-state index contributed by atoms with van der Waals surface area (Å²) < 4.78 is 2.18. The van der Waals surface area contributed by atoms with E-state index in [4.69, 9.17) is 0 Å². The lowest BCUT2D eigenvalue weighted by atomic mass is 10.1. The molecule has 29 heavy (non-hydrogen) atoms. The van der Waals surface area contributed by atoms with E-state index in [2.05, 4.69) is 56.8 Å². The van der Waals surface area contributed by atoms with Crippen LogP contribution in [0.15, 0.2) is 54.6 Å². The van der Waals surface area contributed by atoms with Crippen molar-refractivity contribution in [3.05, 3.63) is 65.9 Å². The Bertz CT molecular complexity index is 1090. The Balaban J connectivity index is 1.12. The molecule has 0 saturated carbocycles. The lowest BCUT2D eigenvalue weighted by Crippen LogP contribution is -2.53. The van der Waals surface area contributed by atoms with Crippen LogP contribution in [0.4, 0.5) is 5.69 Å². The number of hydrogen-bond acceptors (Lipinski definition) is 3. The molecule has 3 aliphatic rings. The van der Waals surface area contributed by atoms with E-state index in [1.165, 1.54) is 16.8 Å². The quantitative estimate of drug-likeness (QED) is 0.694. The molecule has 1 aromatic heterocycles. The molecule has 0 bridgehead atoms. The number of carbonyl (C=O) groups is 1. The van der Waals surface area contributed by atoms with Crippen LogP contribution in [0.1, 0.15) is 16.1 Å². The molecule has 3 aromatic rings. The molecule has 5 nitrogen and oxygen atoms in total. The van der Waals surface area contributed by atoms with E-state index in [0.29, 0.717) is 6.04 Å². The van der Waals surface area contributed by atoms with Crippen LogP contribution in [0, 0.1) is 0 Å². The van der Waals surface area contributed by atoms with E-state index in [-0.39, 0.29) is 5.91 Å². The molecule has 2 aromatic carbocycles. The molecule has 1 saturated heterocycles. The van der Waals surface area contributed by atoms with Gasteiger partial charge < -0.3 is 14.4 Å². The highest BCUT2D eigenvalue weighted by atomic mass is 16.2. The van der Waals surface area contributed by atoms with Gasteiger partial charge in [0.1, 0.15) is 5.69 Å². The van der Waals surface area contributed by atoms with Gasteiger partial charge >= 0.3 is 0 Å². The van der Waals surface area contributed by atoms with Gasteiger partial charge in [-0.2, -0.15) is 0 Å². The fraction of sp³-hybridized carbons (Fsp3) is 0.375. The molecule has 148 valence electrons. The molecule has 1 atom stereocenters. The van der Waals surface area contributed by atoms with E-state index in [0.717, 1.165) is 63.3 Å².